The Morgan fingerprint density at radius 3 is 2.63 bits per heavy atom. The normalized spacial score (nSPS) is 10.2. The third-order valence-electron chi connectivity index (χ3n) is 2.68. The van der Waals surface area contributed by atoms with Gasteiger partial charge in [0.2, 0.25) is 0 Å². The van der Waals surface area contributed by atoms with Crippen molar-refractivity contribution in [3.05, 3.63) is 42.0 Å². The van der Waals surface area contributed by atoms with Crippen LogP contribution in [0.2, 0.25) is 0 Å². The van der Waals surface area contributed by atoms with Crippen LogP contribution in [0, 0.1) is 5.41 Å². The molecule has 0 spiro atoms. The first-order valence-corrected chi connectivity index (χ1v) is 6.88. The van der Waals surface area contributed by atoms with E-state index in [1.165, 1.54) is 6.21 Å². The van der Waals surface area contributed by atoms with Crippen LogP contribution in [0.3, 0.4) is 0 Å². The minimum absolute atomic E-state index is 0.521. The van der Waals surface area contributed by atoms with Crippen molar-refractivity contribution in [2.75, 3.05) is 17.7 Å². The highest BCUT2D eigenvalue weighted by Gasteiger charge is 2.07. The standard InChI is InChI=1S/C14H15N3OS/c1-19-14-7-9(5-6-12(14)17)18-13-4-2-3-11(16)10(13)8-15/h2-8,15H,16-17H2,1H3. The molecule has 0 unspecified atom stereocenters. The Morgan fingerprint density at radius 1 is 1.16 bits per heavy atom. The molecule has 2 rings (SSSR count). The molecule has 0 saturated heterocycles. The van der Waals surface area contributed by atoms with Gasteiger partial charge in [0.05, 0.1) is 5.56 Å². The summed E-state index contributed by atoms with van der Waals surface area (Å²) in [5, 5.41) is 7.39. The highest BCUT2D eigenvalue weighted by atomic mass is 32.2. The Labute approximate surface area is 116 Å². The van der Waals surface area contributed by atoms with Crippen molar-refractivity contribution in [2.45, 2.75) is 4.90 Å². The van der Waals surface area contributed by atoms with Crippen LogP contribution in [0.15, 0.2) is 41.3 Å². The van der Waals surface area contributed by atoms with Gasteiger partial charge in [-0.25, -0.2) is 0 Å². The van der Waals surface area contributed by atoms with Crippen molar-refractivity contribution in [3.8, 4) is 11.5 Å². The molecule has 0 aliphatic rings. The van der Waals surface area contributed by atoms with E-state index in [1.807, 2.05) is 12.3 Å². The number of anilines is 2. The summed E-state index contributed by atoms with van der Waals surface area (Å²) in [5.41, 5.74) is 13.5. The van der Waals surface area contributed by atoms with Crippen molar-refractivity contribution >= 4 is 29.4 Å². The Kier molecular flexibility index (Phi) is 3.97. The van der Waals surface area contributed by atoms with Crippen LogP contribution < -0.4 is 16.2 Å². The monoisotopic (exact) mass is 273 g/mol. The molecule has 0 amide bonds. The van der Waals surface area contributed by atoms with Gasteiger partial charge < -0.3 is 21.6 Å². The lowest BCUT2D eigenvalue weighted by atomic mass is 10.2. The average molecular weight is 273 g/mol. The fourth-order valence-electron chi connectivity index (χ4n) is 1.69. The smallest absolute Gasteiger partial charge is 0.138 e. The SMILES string of the molecule is CSc1cc(Oc2cccc(N)c2C=N)ccc1N. The molecule has 0 atom stereocenters. The average Bonchev–Trinajstić information content (AvgIpc) is 2.41. The largest absolute Gasteiger partial charge is 0.457 e. The maximum Gasteiger partial charge on any atom is 0.138 e. The van der Waals surface area contributed by atoms with Crippen molar-refractivity contribution in [3.63, 3.8) is 0 Å². The van der Waals surface area contributed by atoms with Gasteiger partial charge in [-0.05, 0) is 36.6 Å². The number of rotatable bonds is 4. The number of ether oxygens (including phenoxy) is 1. The number of hydrogen-bond acceptors (Lipinski definition) is 5. The molecular formula is C14H15N3OS. The summed E-state index contributed by atoms with van der Waals surface area (Å²) in [7, 11) is 0. The van der Waals surface area contributed by atoms with Crippen molar-refractivity contribution < 1.29 is 4.74 Å². The second-order valence-electron chi connectivity index (χ2n) is 3.91. The Morgan fingerprint density at radius 2 is 1.95 bits per heavy atom. The maximum absolute atomic E-state index is 7.39. The topological polar surface area (TPSA) is 85.1 Å². The molecule has 4 nitrogen and oxygen atoms in total. The Bertz CT molecular complexity index is 614. The number of benzene rings is 2. The zero-order valence-electron chi connectivity index (χ0n) is 10.5. The van der Waals surface area contributed by atoms with Crippen LogP contribution in [0.5, 0.6) is 11.5 Å². The van der Waals surface area contributed by atoms with Gasteiger partial charge in [0, 0.05) is 22.5 Å². The van der Waals surface area contributed by atoms with Crippen LogP contribution in [0.1, 0.15) is 5.56 Å². The molecule has 0 aromatic heterocycles. The van der Waals surface area contributed by atoms with E-state index in [0.717, 1.165) is 10.6 Å². The highest BCUT2D eigenvalue weighted by Crippen LogP contribution is 2.32. The quantitative estimate of drug-likeness (QED) is 0.453. The summed E-state index contributed by atoms with van der Waals surface area (Å²) >= 11 is 1.56. The summed E-state index contributed by atoms with van der Waals surface area (Å²) in [6, 6.07) is 10.8. The van der Waals surface area contributed by atoms with Crippen LogP contribution in [-0.2, 0) is 0 Å². The summed E-state index contributed by atoms with van der Waals surface area (Å²) in [6.07, 6.45) is 3.15. The first-order chi connectivity index (χ1) is 9.15. The number of nitrogens with two attached hydrogens (primary N) is 2. The first-order valence-electron chi connectivity index (χ1n) is 5.66. The minimum atomic E-state index is 0.521. The number of nitrogen functional groups attached to an aromatic ring is 2. The molecular weight excluding hydrogens is 258 g/mol. The summed E-state index contributed by atoms with van der Waals surface area (Å²) in [5.74, 6) is 1.24. The lowest BCUT2D eigenvalue weighted by molar-refractivity contribution is 0.481. The molecule has 5 heteroatoms. The molecule has 2 aromatic rings. The van der Waals surface area contributed by atoms with E-state index < -0.39 is 0 Å². The minimum Gasteiger partial charge on any atom is -0.457 e. The van der Waals surface area contributed by atoms with Gasteiger partial charge in [-0.15, -0.1) is 11.8 Å². The van der Waals surface area contributed by atoms with Crippen LogP contribution >= 0.6 is 11.8 Å². The van der Waals surface area contributed by atoms with E-state index >= 15 is 0 Å². The summed E-state index contributed by atoms with van der Waals surface area (Å²) in [4.78, 5) is 0.956. The van der Waals surface area contributed by atoms with Crippen LogP contribution in [-0.4, -0.2) is 12.5 Å². The second-order valence-corrected chi connectivity index (χ2v) is 4.76. The fraction of sp³-hybridized carbons (Fsp3) is 0.0714. The molecule has 2 aromatic carbocycles. The van der Waals surface area contributed by atoms with Gasteiger partial charge in [0.25, 0.3) is 0 Å². The zero-order valence-corrected chi connectivity index (χ0v) is 11.3. The molecule has 0 heterocycles. The fourth-order valence-corrected chi connectivity index (χ4v) is 2.22. The predicted octanol–water partition coefficient (Wildman–Crippen LogP) is 3.36. The van der Waals surface area contributed by atoms with Gasteiger partial charge in [0.15, 0.2) is 0 Å². The number of thioether (sulfide) groups is 1. The Balaban J connectivity index is 2.36. The highest BCUT2D eigenvalue weighted by molar-refractivity contribution is 7.98. The molecule has 0 aliphatic heterocycles. The first kappa shape index (κ1) is 13.3. The van der Waals surface area contributed by atoms with E-state index in [-0.39, 0.29) is 0 Å². The van der Waals surface area contributed by atoms with Gasteiger partial charge in [0.1, 0.15) is 11.5 Å². The summed E-state index contributed by atoms with van der Waals surface area (Å²) < 4.78 is 5.78. The lowest BCUT2D eigenvalue weighted by Gasteiger charge is -2.11. The number of hydrogen-bond donors (Lipinski definition) is 3. The Hall–Kier alpha value is -2.14. The third kappa shape index (κ3) is 2.82. The molecule has 0 saturated carbocycles. The van der Waals surface area contributed by atoms with Crippen molar-refractivity contribution in [1.82, 2.24) is 0 Å². The molecule has 19 heavy (non-hydrogen) atoms. The van der Waals surface area contributed by atoms with Gasteiger partial charge >= 0.3 is 0 Å². The number of nitrogens with one attached hydrogen (secondary N) is 1. The van der Waals surface area contributed by atoms with Crippen LogP contribution in [0.4, 0.5) is 11.4 Å². The summed E-state index contributed by atoms with van der Waals surface area (Å²) in [6.45, 7) is 0. The third-order valence-corrected chi connectivity index (χ3v) is 3.47. The molecule has 98 valence electrons. The molecule has 0 aliphatic carbocycles. The van der Waals surface area contributed by atoms with Gasteiger partial charge in [-0.2, -0.15) is 0 Å². The maximum atomic E-state index is 7.39. The van der Waals surface area contributed by atoms with Crippen LogP contribution in [0.25, 0.3) is 0 Å². The van der Waals surface area contributed by atoms with Crippen molar-refractivity contribution in [1.29, 1.82) is 5.41 Å². The zero-order chi connectivity index (χ0) is 13.8. The van der Waals surface area contributed by atoms with E-state index in [2.05, 4.69) is 0 Å². The molecule has 5 N–H and O–H groups in total. The van der Waals surface area contributed by atoms with Crippen molar-refractivity contribution in [2.24, 2.45) is 0 Å². The van der Waals surface area contributed by atoms with E-state index in [1.54, 1.807) is 42.1 Å². The lowest BCUT2D eigenvalue weighted by Crippen LogP contribution is -1.97. The predicted molar refractivity (Wildman–Crippen MR) is 81.4 cm³/mol. The van der Waals surface area contributed by atoms with Gasteiger partial charge in [-0.1, -0.05) is 6.07 Å². The van der Waals surface area contributed by atoms with E-state index in [9.17, 15) is 0 Å². The van der Waals surface area contributed by atoms with E-state index in [0.29, 0.717) is 22.7 Å². The molecule has 0 radical (unpaired) electrons. The molecule has 0 bridgehead atoms. The molecule has 0 fully saturated rings. The van der Waals surface area contributed by atoms with E-state index in [4.69, 9.17) is 21.6 Å². The van der Waals surface area contributed by atoms with Gasteiger partial charge in [-0.3, -0.25) is 0 Å². The second kappa shape index (κ2) is 5.67.